The molecule has 0 spiro atoms. The first-order valence-electron chi connectivity index (χ1n) is 22.3. The third-order valence-electron chi connectivity index (χ3n) is 14.0. The van der Waals surface area contributed by atoms with Crippen molar-refractivity contribution in [3.8, 4) is 33.4 Å². The molecule has 1 heterocycles. The molecule has 2 aliphatic rings. The van der Waals surface area contributed by atoms with E-state index >= 15 is 0 Å². The van der Waals surface area contributed by atoms with Crippen LogP contribution in [0, 0.1) is 6.92 Å². The lowest BCUT2D eigenvalue weighted by atomic mass is 9.54. The topological polar surface area (TPSA) is 15.3 Å². The van der Waals surface area contributed by atoms with Gasteiger partial charge < -0.3 is 10.2 Å². The van der Waals surface area contributed by atoms with Crippen molar-refractivity contribution in [1.29, 1.82) is 0 Å². The van der Waals surface area contributed by atoms with Crippen molar-refractivity contribution >= 4 is 68.2 Å². The molecule has 0 saturated heterocycles. The van der Waals surface area contributed by atoms with Gasteiger partial charge in [0.15, 0.2) is 7.28 Å². The highest BCUT2D eigenvalue weighted by atomic mass is 15.2. The van der Waals surface area contributed by atoms with Gasteiger partial charge in [0.2, 0.25) is 0 Å². The van der Waals surface area contributed by atoms with Crippen molar-refractivity contribution in [2.45, 2.75) is 58.3 Å². The maximum Gasteiger partial charge on any atom is 0.198 e. The van der Waals surface area contributed by atoms with Crippen LogP contribution in [-0.2, 0) is 10.8 Å². The molecule has 0 bridgehead atoms. The molecule has 0 saturated carbocycles. The Kier molecular flexibility index (Phi) is 9.02. The second-order valence-corrected chi connectivity index (χ2v) is 19.0. The zero-order valence-corrected chi connectivity index (χ0v) is 36.4. The predicted molar refractivity (Wildman–Crippen MR) is 269 cm³/mol. The van der Waals surface area contributed by atoms with Crippen LogP contribution in [0.15, 0.2) is 182 Å². The van der Waals surface area contributed by atoms with Crippen LogP contribution in [0.1, 0.15) is 57.2 Å². The van der Waals surface area contributed by atoms with Crippen molar-refractivity contribution in [2.24, 2.45) is 0 Å². The van der Waals surface area contributed by atoms with E-state index in [0.29, 0.717) is 0 Å². The number of fused-ring (bicyclic) bond motifs is 6. The average molecular weight is 799 g/mol. The van der Waals surface area contributed by atoms with E-state index in [0.717, 1.165) is 18.7 Å². The molecule has 300 valence electrons. The Balaban J connectivity index is 1.18. The van der Waals surface area contributed by atoms with Gasteiger partial charge in [-0.2, -0.15) is 0 Å². The fourth-order valence-electron chi connectivity index (χ4n) is 10.4. The summed E-state index contributed by atoms with van der Waals surface area (Å²) in [7, 11) is 0.834. The van der Waals surface area contributed by atoms with Crippen LogP contribution >= 0.6 is 0 Å². The minimum absolute atomic E-state index is 0.0711. The molecule has 0 amide bonds. The number of benzene rings is 9. The fourth-order valence-corrected chi connectivity index (χ4v) is 10.4. The van der Waals surface area contributed by atoms with Gasteiger partial charge >= 0.3 is 0 Å². The molecule has 1 N–H and O–H groups in total. The van der Waals surface area contributed by atoms with Gasteiger partial charge in [-0.1, -0.05) is 173 Å². The molecule has 1 aliphatic heterocycles. The minimum Gasteiger partial charge on any atom is -0.355 e. The highest BCUT2D eigenvalue weighted by Gasteiger charge is 2.40. The van der Waals surface area contributed by atoms with Crippen LogP contribution in [0.25, 0.3) is 54.9 Å². The number of nitrogens with one attached hydrogen (secondary N) is 1. The van der Waals surface area contributed by atoms with E-state index in [1.807, 2.05) is 0 Å². The monoisotopic (exact) mass is 798 g/mol. The SMILES string of the molecule is Cc1ccc(-c2ccccc2)cc1N1c2cc3c(cc2Bc2c(-c4cc5ccccc5cc4Nc4ccc(-c5ccccc5)cc4)cc4ccccc4c21)C(C)(C)CCC3(C)C. The molecule has 1 aliphatic carbocycles. The number of nitrogens with zero attached hydrogens (tertiary/aromatic N) is 1. The molecule has 3 heteroatoms. The Labute approximate surface area is 367 Å². The molecule has 9 aromatic carbocycles. The van der Waals surface area contributed by atoms with Gasteiger partial charge in [-0.3, -0.25) is 0 Å². The Hall–Kier alpha value is -6.84. The molecular weight excluding hydrogens is 747 g/mol. The highest BCUT2D eigenvalue weighted by molar-refractivity contribution is 6.74. The maximum atomic E-state index is 3.94. The van der Waals surface area contributed by atoms with E-state index in [1.54, 1.807) is 0 Å². The van der Waals surface area contributed by atoms with Crippen LogP contribution in [-0.4, -0.2) is 7.28 Å². The third kappa shape index (κ3) is 6.50. The van der Waals surface area contributed by atoms with Crippen LogP contribution in [0.3, 0.4) is 0 Å². The molecule has 0 aromatic heterocycles. The Morgan fingerprint density at radius 2 is 1.03 bits per heavy atom. The molecule has 2 nitrogen and oxygen atoms in total. The van der Waals surface area contributed by atoms with E-state index in [9.17, 15) is 0 Å². The van der Waals surface area contributed by atoms with Crippen LogP contribution < -0.4 is 21.1 Å². The van der Waals surface area contributed by atoms with Crippen molar-refractivity contribution in [3.05, 3.63) is 199 Å². The molecule has 0 atom stereocenters. The number of hydrogen-bond acceptors (Lipinski definition) is 2. The van der Waals surface area contributed by atoms with Gasteiger partial charge in [0, 0.05) is 39.4 Å². The summed E-state index contributed by atoms with van der Waals surface area (Å²) in [5.74, 6) is 0. The Morgan fingerprint density at radius 3 is 1.73 bits per heavy atom. The van der Waals surface area contributed by atoms with E-state index in [1.165, 1.54) is 112 Å². The smallest absolute Gasteiger partial charge is 0.198 e. The first-order chi connectivity index (χ1) is 30.1. The largest absolute Gasteiger partial charge is 0.355 e. The molecule has 0 radical (unpaired) electrons. The van der Waals surface area contributed by atoms with E-state index in [-0.39, 0.29) is 10.8 Å². The summed E-state index contributed by atoms with van der Waals surface area (Å²) in [5, 5.41) is 8.89. The lowest BCUT2D eigenvalue weighted by Crippen LogP contribution is -2.44. The minimum atomic E-state index is 0.0711. The van der Waals surface area contributed by atoms with Gasteiger partial charge in [0.1, 0.15) is 0 Å². The molecule has 9 aromatic rings. The van der Waals surface area contributed by atoms with Gasteiger partial charge in [0.05, 0.1) is 0 Å². The van der Waals surface area contributed by atoms with Crippen LogP contribution in [0.4, 0.5) is 28.4 Å². The lowest BCUT2D eigenvalue weighted by Gasteiger charge is -2.44. The number of anilines is 5. The second-order valence-electron chi connectivity index (χ2n) is 19.0. The van der Waals surface area contributed by atoms with E-state index in [2.05, 4.69) is 227 Å². The fraction of sp³-hybridized carbons (Fsp3) is 0.153. The summed E-state index contributed by atoms with van der Waals surface area (Å²) < 4.78 is 0. The van der Waals surface area contributed by atoms with Gasteiger partial charge in [-0.25, -0.2) is 0 Å². The zero-order chi connectivity index (χ0) is 42.2. The standard InChI is InChI=1S/C59H51BN2/c1-38-24-25-44(40-18-10-7-11-19-40)35-54(38)62-55-37-51-50(58(2,3)30-31-59(51,4)5)36-52(55)60-56-49(33-45-22-14-15-23-47(45)57(56)62)48-32-42-20-12-13-21-43(42)34-53(48)61-46-28-26-41(27-29-46)39-16-8-6-9-17-39/h6-29,32-37,60-61H,30-31H2,1-5H3. The summed E-state index contributed by atoms with van der Waals surface area (Å²) in [5.41, 5.74) is 20.4. The number of aryl methyl sites for hydroxylation is 1. The first-order valence-corrected chi connectivity index (χ1v) is 22.3. The van der Waals surface area contributed by atoms with Gasteiger partial charge in [-0.05, 0) is 139 Å². The molecular formula is C59H51BN2. The summed E-state index contributed by atoms with van der Waals surface area (Å²) in [4.78, 5) is 2.65. The quantitative estimate of drug-likeness (QED) is 0.169. The lowest BCUT2D eigenvalue weighted by molar-refractivity contribution is 0.332. The van der Waals surface area contributed by atoms with Crippen molar-refractivity contribution in [3.63, 3.8) is 0 Å². The van der Waals surface area contributed by atoms with Crippen molar-refractivity contribution in [1.82, 2.24) is 0 Å². The van der Waals surface area contributed by atoms with E-state index < -0.39 is 0 Å². The summed E-state index contributed by atoms with van der Waals surface area (Å²) >= 11 is 0. The third-order valence-corrected chi connectivity index (χ3v) is 14.0. The first kappa shape index (κ1) is 38.1. The Bertz CT molecular complexity index is 3180. The average Bonchev–Trinajstić information content (AvgIpc) is 3.30. The summed E-state index contributed by atoms with van der Waals surface area (Å²) in [6.07, 6.45) is 2.35. The number of rotatable bonds is 6. The predicted octanol–water partition coefficient (Wildman–Crippen LogP) is 14.6. The highest BCUT2D eigenvalue weighted by Crippen LogP contribution is 2.50. The van der Waals surface area contributed by atoms with Gasteiger partial charge in [0.25, 0.3) is 0 Å². The zero-order valence-electron chi connectivity index (χ0n) is 36.4. The van der Waals surface area contributed by atoms with Gasteiger partial charge in [-0.15, -0.1) is 0 Å². The molecule has 11 rings (SSSR count). The Morgan fingerprint density at radius 1 is 0.484 bits per heavy atom. The van der Waals surface area contributed by atoms with Crippen molar-refractivity contribution in [2.75, 3.05) is 10.2 Å². The van der Waals surface area contributed by atoms with Crippen LogP contribution in [0.2, 0.25) is 0 Å². The van der Waals surface area contributed by atoms with Crippen molar-refractivity contribution < 1.29 is 0 Å². The summed E-state index contributed by atoms with van der Waals surface area (Å²) in [6.45, 7) is 12.1. The summed E-state index contributed by atoms with van der Waals surface area (Å²) in [6, 6.07) is 67.6. The normalized spacial score (nSPS) is 14.8. The second kappa shape index (κ2) is 14.7. The molecule has 0 fully saturated rings. The molecule has 0 unspecified atom stereocenters. The number of hydrogen-bond donors (Lipinski definition) is 1. The molecule has 62 heavy (non-hydrogen) atoms. The van der Waals surface area contributed by atoms with Crippen LogP contribution in [0.5, 0.6) is 0 Å². The maximum absolute atomic E-state index is 3.94. The van der Waals surface area contributed by atoms with E-state index in [4.69, 9.17) is 0 Å².